The quantitative estimate of drug-likeness (QED) is 0.719. The van der Waals surface area contributed by atoms with Gasteiger partial charge >= 0.3 is 0 Å². The van der Waals surface area contributed by atoms with E-state index >= 15 is 0 Å². The van der Waals surface area contributed by atoms with E-state index in [0.717, 1.165) is 13.1 Å². The number of nitrogens with one attached hydrogen (secondary N) is 2. The summed E-state index contributed by atoms with van der Waals surface area (Å²) < 4.78 is 26.3. The topological polar surface area (TPSA) is 78.5 Å². The Hall–Kier alpha value is -0.860. The average molecular weight is 436 g/mol. The van der Waals surface area contributed by atoms with Gasteiger partial charge in [-0.1, -0.05) is 37.0 Å². The first-order valence-corrected chi connectivity index (χ1v) is 11.2. The molecule has 0 saturated carbocycles. The van der Waals surface area contributed by atoms with Gasteiger partial charge in [-0.3, -0.25) is 4.79 Å². The molecule has 3 atom stereocenters. The first-order chi connectivity index (χ1) is 12.5. The number of sulfonamides is 1. The molecule has 1 aromatic rings. The van der Waals surface area contributed by atoms with Gasteiger partial charge in [0.05, 0.1) is 15.6 Å². The third-order valence-electron chi connectivity index (χ3n) is 4.70. The van der Waals surface area contributed by atoms with Gasteiger partial charge in [0.1, 0.15) is 4.90 Å². The summed E-state index contributed by atoms with van der Waals surface area (Å²) in [6, 6.07) is 2.52. The van der Waals surface area contributed by atoms with Crippen molar-refractivity contribution >= 4 is 39.1 Å². The van der Waals surface area contributed by atoms with Gasteiger partial charge in [-0.2, -0.15) is 0 Å². The third kappa shape index (κ3) is 5.57. The van der Waals surface area contributed by atoms with Crippen molar-refractivity contribution in [1.82, 2.24) is 14.9 Å². The van der Waals surface area contributed by atoms with Crippen molar-refractivity contribution in [3.05, 3.63) is 27.7 Å². The SMILES string of the molecule is CNS(=O)(=O)c1ccc(Cl)c(C(=O)N[C@@H](C)CN2C[C@H](C)C[C@H](C)C2)c1Cl. The lowest BCUT2D eigenvalue weighted by molar-refractivity contribution is 0.0905. The number of likely N-dealkylation sites (tertiary alicyclic amines) is 1. The summed E-state index contributed by atoms with van der Waals surface area (Å²) in [6.45, 7) is 9.10. The molecule has 1 saturated heterocycles. The normalized spacial score (nSPS) is 22.4. The summed E-state index contributed by atoms with van der Waals surface area (Å²) in [4.78, 5) is 14.9. The van der Waals surface area contributed by atoms with Crippen LogP contribution in [0.25, 0.3) is 0 Å². The summed E-state index contributed by atoms with van der Waals surface area (Å²) in [5, 5.41) is 2.82. The summed E-state index contributed by atoms with van der Waals surface area (Å²) in [5.74, 6) is 0.775. The third-order valence-corrected chi connectivity index (χ3v) is 6.97. The fourth-order valence-electron chi connectivity index (χ4n) is 3.73. The molecule has 0 spiro atoms. The van der Waals surface area contributed by atoms with Gasteiger partial charge in [0.25, 0.3) is 5.91 Å². The van der Waals surface area contributed by atoms with E-state index in [9.17, 15) is 13.2 Å². The fraction of sp³-hybridized carbons (Fsp3) is 0.611. The zero-order valence-corrected chi connectivity index (χ0v) is 18.4. The predicted octanol–water partition coefficient (Wildman–Crippen LogP) is 3.00. The van der Waals surface area contributed by atoms with Crippen LogP contribution in [-0.2, 0) is 10.0 Å². The van der Waals surface area contributed by atoms with Gasteiger partial charge in [0.2, 0.25) is 10.0 Å². The second-order valence-corrected chi connectivity index (χ2v) is 10.1. The van der Waals surface area contributed by atoms with E-state index in [1.165, 1.54) is 25.6 Å². The van der Waals surface area contributed by atoms with E-state index < -0.39 is 15.9 Å². The van der Waals surface area contributed by atoms with Crippen LogP contribution in [-0.4, -0.2) is 51.9 Å². The maximum absolute atomic E-state index is 12.7. The number of rotatable bonds is 6. The molecule has 1 aromatic carbocycles. The molecule has 2 rings (SSSR count). The second-order valence-electron chi connectivity index (χ2n) is 7.48. The number of hydrogen-bond donors (Lipinski definition) is 2. The largest absolute Gasteiger partial charge is 0.348 e. The van der Waals surface area contributed by atoms with E-state index in [0.29, 0.717) is 18.4 Å². The second kappa shape index (κ2) is 9.09. The molecule has 27 heavy (non-hydrogen) atoms. The van der Waals surface area contributed by atoms with Crippen LogP contribution in [0.3, 0.4) is 0 Å². The highest BCUT2D eigenvalue weighted by molar-refractivity contribution is 7.89. The summed E-state index contributed by atoms with van der Waals surface area (Å²) in [7, 11) is -2.51. The minimum Gasteiger partial charge on any atom is -0.348 e. The van der Waals surface area contributed by atoms with Gasteiger partial charge in [-0.15, -0.1) is 0 Å². The van der Waals surface area contributed by atoms with Crippen molar-refractivity contribution in [1.29, 1.82) is 0 Å². The van der Waals surface area contributed by atoms with Gasteiger partial charge in [0, 0.05) is 25.7 Å². The molecule has 9 heteroatoms. The van der Waals surface area contributed by atoms with Crippen molar-refractivity contribution in [3.63, 3.8) is 0 Å². The predicted molar refractivity (Wildman–Crippen MR) is 109 cm³/mol. The monoisotopic (exact) mass is 435 g/mol. The Labute approximate surface area is 171 Å². The van der Waals surface area contributed by atoms with Crippen LogP contribution < -0.4 is 10.0 Å². The standard InChI is InChI=1S/C18H27Cl2N3O3S/c1-11-7-12(2)9-23(8-11)10-13(3)22-18(24)16-14(19)5-6-15(17(16)20)27(25,26)21-4/h5-6,11-13,21H,7-10H2,1-4H3,(H,22,24)/t11-,12+,13-/m0/s1. The maximum Gasteiger partial charge on any atom is 0.254 e. The molecule has 1 aliphatic rings. The number of benzene rings is 1. The molecule has 0 aromatic heterocycles. The van der Waals surface area contributed by atoms with Crippen molar-refractivity contribution in [2.75, 3.05) is 26.7 Å². The highest BCUT2D eigenvalue weighted by Crippen LogP contribution is 2.31. The number of nitrogens with zero attached hydrogens (tertiary/aromatic N) is 1. The Morgan fingerprint density at radius 1 is 1.26 bits per heavy atom. The Balaban J connectivity index is 2.14. The molecule has 0 radical (unpaired) electrons. The van der Waals surface area contributed by atoms with Crippen LogP contribution in [0.5, 0.6) is 0 Å². The molecule has 1 fully saturated rings. The molecule has 6 nitrogen and oxygen atoms in total. The molecule has 0 aliphatic carbocycles. The Bertz CT molecular complexity index is 791. The minimum absolute atomic E-state index is 0.0260. The molecule has 1 amide bonds. The van der Waals surface area contributed by atoms with E-state index in [1.54, 1.807) is 0 Å². The van der Waals surface area contributed by atoms with E-state index in [4.69, 9.17) is 23.2 Å². The number of hydrogen-bond acceptors (Lipinski definition) is 4. The maximum atomic E-state index is 12.7. The number of halogens is 2. The van der Waals surface area contributed by atoms with Crippen molar-refractivity contribution in [3.8, 4) is 0 Å². The van der Waals surface area contributed by atoms with Crippen LogP contribution in [0, 0.1) is 11.8 Å². The molecule has 1 aliphatic heterocycles. The Morgan fingerprint density at radius 2 is 1.85 bits per heavy atom. The average Bonchev–Trinajstić information content (AvgIpc) is 2.53. The zero-order chi connectivity index (χ0) is 20.4. The number of amides is 1. The van der Waals surface area contributed by atoms with E-state index in [2.05, 4.69) is 28.8 Å². The van der Waals surface area contributed by atoms with Crippen molar-refractivity contribution in [2.45, 2.75) is 38.1 Å². The van der Waals surface area contributed by atoms with Gasteiger partial charge in [0.15, 0.2) is 0 Å². The molecular formula is C18H27Cl2N3O3S. The molecule has 0 bridgehead atoms. The van der Waals surface area contributed by atoms with Gasteiger partial charge in [-0.25, -0.2) is 13.1 Å². The van der Waals surface area contributed by atoms with Gasteiger partial charge in [-0.05, 0) is 44.4 Å². The molecular weight excluding hydrogens is 409 g/mol. The van der Waals surface area contributed by atoms with Gasteiger partial charge < -0.3 is 10.2 Å². The molecule has 2 N–H and O–H groups in total. The smallest absolute Gasteiger partial charge is 0.254 e. The van der Waals surface area contributed by atoms with Crippen LogP contribution in [0.2, 0.25) is 10.0 Å². The first-order valence-electron chi connectivity index (χ1n) is 9.00. The summed E-state index contributed by atoms with van der Waals surface area (Å²) in [6.07, 6.45) is 1.22. The first kappa shape index (κ1) is 22.4. The minimum atomic E-state index is -3.79. The Kier molecular flexibility index (Phi) is 7.55. The Morgan fingerprint density at radius 3 is 2.41 bits per heavy atom. The van der Waals surface area contributed by atoms with E-state index in [1.807, 2.05) is 6.92 Å². The van der Waals surface area contributed by atoms with Crippen LogP contribution in [0.1, 0.15) is 37.6 Å². The van der Waals surface area contributed by atoms with Crippen LogP contribution in [0.15, 0.2) is 17.0 Å². The van der Waals surface area contributed by atoms with E-state index in [-0.39, 0.29) is 26.5 Å². The number of carbonyl (C=O) groups is 1. The van der Waals surface area contributed by atoms with Crippen LogP contribution >= 0.6 is 23.2 Å². The van der Waals surface area contributed by atoms with Crippen molar-refractivity contribution in [2.24, 2.45) is 11.8 Å². The zero-order valence-electron chi connectivity index (χ0n) is 16.1. The molecule has 152 valence electrons. The lowest BCUT2D eigenvalue weighted by Crippen LogP contribution is -2.47. The number of piperidine rings is 1. The molecule has 1 heterocycles. The lowest BCUT2D eigenvalue weighted by atomic mass is 9.92. The highest BCUT2D eigenvalue weighted by Gasteiger charge is 2.26. The summed E-state index contributed by atoms with van der Waals surface area (Å²) >= 11 is 12.3. The number of carbonyl (C=O) groups excluding carboxylic acids is 1. The lowest BCUT2D eigenvalue weighted by Gasteiger charge is -2.36. The summed E-state index contributed by atoms with van der Waals surface area (Å²) in [5.41, 5.74) is -0.0260. The van der Waals surface area contributed by atoms with Crippen molar-refractivity contribution < 1.29 is 13.2 Å². The molecule has 0 unspecified atom stereocenters. The highest BCUT2D eigenvalue weighted by atomic mass is 35.5. The van der Waals surface area contributed by atoms with Crippen LogP contribution in [0.4, 0.5) is 0 Å². The fourth-order valence-corrected chi connectivity index (χ4v) is 5.38.